The molecule has 0 atom stereocenters. The molecule has 3 aromatic carbocycles. The Labute approximate surface area is 195 Å². The Hall–Kier alpha value is -2.49. The molecule has 0 aliphatic carbocycles. The molecule has 0 radical (unpaired) electrons. The summed E-state index contributed by atoms with van der Waals surface area (Å²) in [7, 11) is 0. The third-order valence-corrected chi connectivity index (χ3v) is 5.47. The number of nitrogens with one attached hydrogen (secondary N) is 3. The van der Waals surface area contributed by atoms with E-state index in [9.17, 15) is 9.59 Å². The number of halogens is 2. The summed E-state index contributed by atoms with van der Waals surface area (Å²) in [4.78, 5) is 23.2. The fourth-order valence-electron chi connectivity index (χ4n) is 2.66. The van der Waals surface area contributed by atoms with Crippen LogP contribution in [0.4, 0.5) is 11.4 Å². The number of ether oxygens (including phenoxy) is 1. The second kappa shape index (κ2) is 10.0. The van der Waals surface area contributed by atoms with Gasteiger partial charge in [-0.25, -0.2) is 0 Å². The smallest absolute Gasteiger partial charge is 0.264 e. The fraction of sp³-hybridized carbons (Fsp3) is 0.0952. The summed E-state index contributed by atoms with van der Waals surface area (Å²) in [6, 6.07) is 16.6. The zero-order valence-corrected chi connectivity index (χ0v) is 19.8. The zero-order valence-electron chi connectivity index (χ0n) is 15.8. The van der Waals surface area contributed by atoms with Gasteiger partial charge in [0.05, 0.1) is 4.47 Å². The molecule has 3 N–H and O–H groups in total. The Morgan fingerprint density at radius 3 is 2.30 bits per heavy atom. The van der Waals surface area contributed by atoms with Crippen LogP contribution in [0.5, 0.6) is 5.75 Å². The predicted molar refractivity (Wildman–Crippen MR) is 130 cm³/mol. The quantitative estimate of drug-likeness (QED) is 0.380. The van der Waals surface area contributed by atoms with Crippen molar-refractivity contribution in [1.82, 2.24) is 5.32 Å². The molecule has 9 heteroatoms. The second-order valence-corrected chi connectivity index (χ2v) is 8.41. The van der Waals surface area contributed by atoms with Gasteiger partial charge >= 0.3 is 0 Å². The first-order chi connectivity index (χ1) is 14.3. The molecule has 154 valence electrons. The van der Waals surface area contributed by atoms with Gasteiger partial charge in [0.15, 0.2) is 11.7 Å². The summed E-state index contributed by atoms with van der Waals surface area (Å²) in [6.45, 7) is 1.25. The number of rotatable bonds is 5. The van der Waals surface area contributed by atoms with Crippen LogP contribution in [0.2, 0.25) is 0 Å². The molecular formula is C21H17Br2N3O3S. The van der Waals surface area contributed by atoms with Gasteiger partial charge in [-0.3, -0.25) is 14.9 Å². The first-order valence-electron chi connectivity index (χ1n) is 8.81. The lowest BCUT2D eigenvalue weighted by atomic mass is 10.1. The number of fused-ring (bicyclic) bond motifs is 1. The van der Waals surface area contributed by atoms with Crippen molar-refractivity contribution in [3.05, 3.63) is 63.5 Å². The van der Waals surface area contributed by atoms with Crippen molar-refractivity contribution >= 4 is 83.2 Å². The van der Waals surface area contributed by atoms with Gasteiger partial charge in [0.1, 0.15) is 5.75 Å². The van der Waals surface area contributed by atoms with Gasteiger partial charge in [0, 0.05) is 22.8 Å². The van der Waals surface area contributed by atoms with E-state index in [4.69, 9.17) is 17.0 Å². The lowest BCUT2D eigenvalue weighted by molar-refractivity contribution is -0.121. The molecule has 0 spiro atoms. The maximum absolute atomic E-state index is 12.2. The SMILES string of the molecule is CC(=O)Nc1ccc(NC(=S)NC(=O)COc2ccc3cc(Br)ccc3c2Br)cc1. The van der Waals surface area contributed by atoms with E-state index in [1.165, 1.54) is 6.92 Å². The molecule has 3 aromatic rings. The van der Waals surface area contributed by atoms with E-state index in [1.807, 2.05) is 24.3 Å². The number of benzene rings is 3. The third-order valence-electron chi connectivity index (χ3n) is 3.96. The summed E-state index contributed by atoms with van der Waals surface area (Å²) < 4.78 is 7.41. The highest BCUT2D eigenvalue weighted by Crippen LogP contribution is 2.34. The van der Waals surface area contributed by atoms with Crippen molar-refractivity contribution in [2.45, 2.75) is 6.92 Å². The number of hydrogen-bond acceptors (Lipinski definition) is 4. The minimum absolute atomic E-state index is 0.149. The minimum Gasteiger partial charge on any atom is -0.483 e. The Morgan fingerprint density at radius 2 is 1.63 bits per heavy atom. The average molecular weight is 551 g/mol. The van der Waals surface area contributed by atoms with Crippen molar-refractivity contribution in [3.63, 3.8) is 0 Å². The Morgan fingerprint density at radius 1 is 0.967 bits per heavy atom. The molecule has 0 bridgehead atoms. The van der Waals surface area contributed by atoms with Crippen molar-refractivity contribution in [2.75, 3.05) is 17.2 Å². The topological polar surface area (TPSA) is 79.5 Å². The van der Waals surface area contributed by atoms with Crippen LogP contribution in [0.1, 0.15) is 6.92 Å². The van der Waals surface area contributed by atoms with Gasteiger partial charge in [0.2, 0.25) is 5.91 Å². The largest absolute Gasteiger partial charge is 0.483 e. The van der Waals surface area contributed by atoms with E-state index in [2.05, 4.69) is 47.8 Å². The van der Waals surface area contributed by atoms with Crippen LogP contribution >= 0.6 is 44.1 Å². The summed E-state index contributed by atoms with van der Waals surface area (Å²) in [5.74, 6) is 0.0296. The average Bonchev–Trinajstić information content (AvgIpc) is 2.68. The van der Waals surface area contributed by atoms with Crippen molar-refractivity contribution in [1.29, 1.82) is 0 Å². The van der Waals surface area contributed by atoms with Crippen molar-refractivity contribution < 1.29 is 14.3 Å². The maximum atomic E-state index is 12.2. The second-order valence-electron chi connectivity index (χ2n) is 6.29. The Kier molecular flexibility index (Phi) is 7.41. The molecule has 0 saturated heterocycles. The number of thiocarbonyl (C=S) groups is 1. The number of anilines is 2. The molecule has 0 aliphatic heterocycles. The minimum atomic E-state index is -0.384. The summed E-state index contributed by atoms with van der Waals surface area (Å²) >= 11 is 12.2. The zero-order chi connectivity index (χ0) is 21.7. The van der Waals surface area contributed by atoms with E-state index in [1.54, 1.807) is 30.3 Å². The van der Waals surface area contributed by atoms with Crippen LogP contribution in [-0.2, 0) is 9.59 Å². The van der Waals surface area contributed by atoms with Crippen LogP contribution in [0.3, 0.4) is 0 Å². The number of hydrogen-bond donors (Lipinski definition) is 3. The molecule has 0 aliphatic rings. The molecule has 0 heterocycles. The lowest BCUT2D eigenvalue weighted by Crippen LogP contribution is -2.37. The molecule has 3 rings (SSSR count). The molecule has 6 nitrogen and oxygen atoms in total. The molecule has 0 fully saturated rings. The fourth-order valence-corrected chi connectivity index (χ4v) is 3.88. The van der Waals surface area contributed by atoms with E-state index in [0.717, 1.165) is 19.7 Å². The maximum Gasteiger partial charge on any atom is 0.264 e. The molecule has 2 amide bonds. The van der Waals surface area contributed by atoms with Gasteiger partial charge in [-0.05, 0) is 81.4 Å². The first kappa shape index (κ1) is 22.2. The third kappa shape index (κ3) is 6.01. The monoisotopic (exact) mass is 549 g/mol. The highest BCUT2D eigenvalue weighted by molar-refractivity contribution is 9.11. The Balaban J connectivity index is 1.53. The van der Waals surface area contributed by atoms with E-state index < -0.39 is 0 Å². The highest BCUT2D eigenvalue weighted by Gasteiger charge is 2.10. The summed E-state index contributed by atoms with van der Waals surface area (Å²) in [5.41, 5.74) is 1.35. The van der Waals surface area contributed by atoms with E-state index in [-0.39, 0.29) is 23.5 Å². The standard InChI is InChI=1S/C21H17Br2N3O3S/c1-12(27)24-15-4-6-16(7-5-15)25-21(30)26-19(28)11-29-18-9-2-13-10-14(22)3-8-17(13)20(18)23/h2-10H,11H2,1H3,(H,24,27)(H2,25,26,28,30). The summed E-state index contributed by atoms with van der Waals surface area (Å²) in [5, 5.41) is 10.3. The van der Waals surface area contributed by atoms with Crippen LogP contribution in [-0.4, -0.2) is 23.5 Å². The molecular weight excluding hydrogens is 534 g/mol. The van der Waals surface area contributed by atoms with E-state index in [0.29, 0.717) is 17.1 Å². The Bertz CT molecular complexity index is 1120. The number of carbonyl (C=O) groups excluding carboxylic acids is 2. The molecule has 0 aromatic heterocycles. The van der Waals surface area contributed by atoms with Gasteiger partial charge < -0.3 is 15.4 Å². The lowest BCUT2D eigenvalue weighted by Gasteiger charge is -2.12. The van der Waals surface area contributed by atoms with Gasteiger partial charge in [-0.2, -0.15) is 0 Å². The van der Waals surface area contributed by atoms with Crippen LogP contribution < -0.4 is 20.7 Å². The summed E-state index contributed by atoms with van der Waals surface area (Å²) in [6.07, 6.45) is 0. The van der Waals surface area contributed by atoms with Gasteiger partial charge in [-0.15, -0.1) is 0 Å². The predicted octanol–water partition coefficient (Wildman–Crippen LogP) is 5.22. The van der Waals surface area contributed by atoms with E-state index >= 15 is 0 Å². The highest BCUT2D eigenvalue weighted by atomic mass is 79.9. The number of amides is 2. The van der Waals surface area contributed by atoms with Gasteiger partial charge in [-0.1, -0.05) is 28.1 Å². The van der Waals surface area contributed by atoms with Crippen molar-refractivity contribution in [3.8, 4) is 5.75 Å². The van der Waals surface area contributed by atoms with Gasteiger partial charge in [0.25, 0.3) is 5.91 Å². The van der Waals surface area contributed by atoms with Crippen LogP contribution in [0, 0.1) is 0 Å². The van der Waals surface area contributed by atoms with Crippen LogP contribution in [0.15, 0.2) is 63.5 Å². The molecule has 0 unspecified atom stereocenters. The van der Waals surface area contributed by atoms with Crippen LogP contribution in [0.25, 0.3) is 10.8 Å². The molecule has 0 saturated carbocycles. The normalized spacial score (nSPS) is 10.4. The number of carbonyl (C=O) groups is 2. The molecule has 30 heavy (non-hydrogen) atoms. The van der Waals surface area contributed by atoms with Crippen molar-refractivity contribution in [2.24, 2.45) is 0 Å². The first-order valence-corrected chi connectivity index (χ1v) is 10.8.